The summed E-state index contributed by atoms with van der Waals surface area (Å²) in [6.45, 7) is 6.05. The van der Waals surface area contributed by atoms with Crippen molar-refractivity contribution in [3.63, 3.8) is 0 Å². The molecule has 0 bridgehead atoms. The molecule has 0 aliphatic heterocycles. The summed E-state index contributed by atoms with van der Waals surface area (Å²) >= 11 is 5.65. The van der Waals surface area contributed by atoms with E-state index in [4.69, 9.17) is 22.7 Å². The van der Waals surface area contributed by atoms with E-state index in [1.54, 1.807) is 0 Å². The van der Waals surface area contributed by atoms with Gasteiger partial charge in [-0.1, -0.05) is 63.9 Å². The molecule has 2 rings (SSSR count). The summed E-state index contributed by atoms with van der Waals surface area (Å²) in [7, 11) is 0. The average molecular weight is 413 g/mol. The molecule has 29 heavy (non-hydrogen) atoms. The van der Waals surface area contributed by atoms with Crippen LogP contribution in [0.4, 0.5) is 5.69 Å². The molecular formula is C25H36N2OS. The summed E-state index contributed by atoms with van der Waals surface area (Å²) < 4.78 is 6.08. The van der Waals surface area contributed by atoms with Gasteiger partial charge in [-0.2, -0.15) is 0 Å². The van der Waals surface area contributed by atoms with Crippen LogP contribution in [-0.4, -0.2) is 18.1 Å². The van der Waals surface area contributed by atoms with Gasteiger partial charge < -0.3 is 15.8 Å². The van der Waals surface area contributed by atoms with Crippen LogP contribution in [0.1, 0.15) is 69.1 Å². The van der Waals surface area contributed by atoms with E-state index >= 15 is 0 Å². The van der Waals surface area contributed by atoms with Crippen LogP contribution in [0, 0.1) is 0 Å². The first-order valence-corrected chi connectivity index (χ1v) is 11.4. The molecule has 0 saturated heterocycles. The van der Waals surface area contributed by atoms with Gasteiger partial charge >= 0.3 is 0 Å². The Morgan fingerprint density at radius 2 is 1.66 bits per heavy atom. The lowest BCUT2D eigenvalue weighted by molar-refractivity contribution is 0.303. The summed E-state index contributed by atoms with van der Waals surface area (Å²) in [4.78, 5) is 0.801. The van der Waals surface area contributed by atoms with Crippen molar-refractivity contribution in [2.75, 3.05) is 18.9 Å². The molecule has 0 aliphatic rings. The van der Waals surface area contributed by atoms with Gasteiger partial charge in [0.1, 0.15) is 10.7 Å². The number of thiocarbonyl (C=S) groups is 1. The molecule has 0 aliphatic carbocycles. The minimum absolute atomic E-state index is 0.790. The highest BCUT2D eigenvalue weighted by Crippen LogP contribution is 2.23. The third-order valence-electron chi connectivity index (χ3n) is 5.06. The maximum Gasteiger partial charge on any atom is 0.122 e. The van der Waals surface area contributed by atoms with Crippen LogP contribution in [0.2, 0.25) is 0 Å². The molecule has 2 aromatic rings. The van der Waals surface area contributed by atoms with Crippen LogP contribution < -0.4 is 15.8 Å². The van der Waals surface area contributed by atoms with Crippen LogP contribution >= 0.6 is 12.2 Å². The van der Waals surface area contributed by atoms with Gasteiger partial charge in [0.15, 0.2) is 0 Å². The van der Waals surface area contributed by atoms with Gasteiger partial charge in [0, 0.05) is 17.8 Å². The molecule has 0 aromatic heterocycles. The Bertz CT molecular complexity index is 743. The van der Waals surface area contributed by atoms with Crippen LogP contribution in [0.5, 0.6) is 5.75 Å². The van der Waals surface area contributed by atoms with E-state index in [-0.39, 0.29) is 0 Å². The Morgan fingerprint density at radius 3 is 2.38 bits per heavy atom. The highest BCUT2D eigenvalue weighted by molar-refractivity contribution is 7.80. The van der Waals surface area contributed by atoms with Crippen molar-refractivity contribution in [2.45, 2.75) is 65.2 Å². The summed E-state index contributed by atoms with van der Waals surface area (Å²) in [6, 6.07) is 14.4. The third-order valence-corrected chi connectivity index (χ3v) is 5.44. The second-order valence-corrected chi connectivity index (χ2v) is 7.99. The van der Waals surface area contributed by atoms with E-state index in [9.17, 15) is 0 Å². The second kappa shape index (κ2) is 13.2. The predicted octanol–water partition coefficient (Wildman–Crippen LogP) is 6.08. The van der Waals surface area contributed by atoms with Crippen molar-refractivity contribution in [1.29, 1.82) is 0 Å². The number of hydrogen-bond donors (Lipinski definition) is 2. The molecule has 3 nitrogen and oxygen atoms in total. The number of hydrogen-bond acceptors (Lipinski definition) is 3. The number of benzene rings is 2. The minimum Gasteiger partial charge on any atom is -0.493 e. The first-order chi connectivity index (χ1) is 14.1. The molecule has 3 N–H and O–H groups in total. The molecule has 0 radical (unpaired) electrons. The van der Waals surface area contributed by atoms with Crippen molar-refractivity contribution in [3.8, 4) is 5.75 Å². The molecular weight excluding hydrogens is 376 g/mol. The number of anilines is 1. The summed E-state index contributed by atoms with van der Waals surface area (Å²) in [5.74, 6) is 1.02. The van der Waals surface area contributed by atoms with Crippen molar-refractivity contribution in [3.05, 3.63) is 59.2 Å². The third kappa shape index (κ3) is 8.45. The Kier molecular flexibility index (Phi) is 10.6. The number of nitrogen functional groups attached to an aromatic ring is 1. The Balaban J connectivity index is 1.95. The van der Waals surface area contributed by atoms with Crippen molar-refractivity contribution < 1.29 is 4.74 Å². The van der Waals surface area contributed by atoms with Crippen molar-refractivity contribution >= 4 is 22.9 Å². The lowest BCUT2D eigenvalue weighted by atomic mass is 10.0. The van der Waals surface area contributed by atoms with Gasteiger partial charge in [0.2, 0.25) is 0 Å². The lowest BCUT2D eigenvalue weighted by Gasteiger charge is -2.15. The van der Waals surface area contributed by atoms with Crippen LogP contribution in [0.25, 0.3) is 0 Å². The molecule has 0 spiro atoms. The molecule has 2 aromatic carbocycles. The smallest absolute Gasteiger partial charge is 0.122 e. The molecule has 158 valence electrons. The van der Waals surface area contributed by atoms with Gasteiger partial charge in [-0.15, -0.1) is 0 Å². The van der Waals surface area contributed by atoms with E-state index in [0.29, 0.717) is 0 Å². The Hall–Kier alpha value is -2.07. The topological polar surface area (TPSA) is 47.3 Å². The predicted molar refractivity (Wildman–Crippen MR) is 129 cm³/mol. The SMILES string of the molecule is CCCCCOc1ccc(C(=S)NCCc2ccc(N)cc2)cc1CCCCC. The maximum absolute atomic E-state index is 6.08. The molecule has 0 unspecified atom stereocenters. The van der Waals surface area contributed by atoms with Gasteiger partial charge in [-0.05, 0) is 67.1 Å². The van der Waals surface area contributed by atoms with E-state index in [0.717, 1.165) is 54.4 Å². The van der Waals surface area contributed by atoms with Gasteiger partial charge in [0.25, 0.3) is 0 Å². The van der Waals surface area contributed by atoms with E-state index in [1.807, 2.05) is 12.1 Å². The molecule has 0 saturated carbocycles. The molecule has 0 heterocycles. The minimum atomic E-state index is 0.790. The zero-order valence-electron chi connectivity index (χ0n) is 18.0. The number of unbranched alkanes of at least 4 members (excludes halogenated alkanes) is 4. The van der Waals surface area contributed by atoms with Crippen molar-refractivity contribution in [2.24, 2.45) is 0 Å². The molecule has 0 fully saturated rings. The van der Waals surface area contributed by atoms with Crippen LogP contribution in [0.15, 0.2) is 42.5 Å². The first-order valence-electron chi connectivity index (χ1n) is 11.0. The maximum atomic E-state index is 6.08. The quantitative estimate of drug-likeness (QED) is 0.238. The zero-order valence-corrected chi connectivity index (χ0v) is 18.8. The standard InChI is InChI=1S/C25H36N2OS/c1-3-5-7-9-21-19-22(12-15-24(21)28-18-8-6-4-2)25(29)27-17-16-20-10-13-23(26)14-11-20/h10-15,19H,3-9,16-18,26H2,1-2H3,(H,27,29). The Labute approximate surface area is 182 Å². The van der Waals surface area contributed by atoms with Gasteiger partial charge in [0.05, 0.1) is 6.61 Å². The van der Waals surface area contributed by atoms with Crippen LogP contribution in [-0.2, 0) is 12.8 Å². The monoisotopic (exact) mass is 412 g/mol. The molecule has 4 heteroatoms. The fourth-order valence-corrected chi connectivity index (χ4v) is 3.49. The van der Waals surface area contributed by atoms with E-state index in [1.165, 1.54) is 43.2 Å². The summed E-state index contributed by atoms with van der Waals surface area (Å²) in [5.41, 5.74) is 10.1. The molecule has 0 amide bonds. The van der Waals surface area contributed by atoms with E-state index < -0.39 is 0 Å². The normalized spacial score (nSPS) is 10.7. The fourth-order valence-electron chi connectivity index (χ4n) is 3.26. The number of ether oxygens (including phenoxy) is 1. The van der Waals surface area contributed by atoms with E-state index in [2.05, 4.69) is 49.5 Å². The highest BCUT2D eigenvalue weighted by atomic mass is 32.1. The molecule has 0 atom stereocenters. The van der Waals surface area contributed by atoms with Gasteiger partial charge in [-0.3, -0.25) is 0 Å². The fraction of sp³-hybridized carbons (Fsp3) is 0.480. The second-order valence-electron chi connectivity index (χ2n) is 7.58. The number of nitrogens with one attached hydrogen (secondary N) is 1. The van der Waals surface area contributed by atoms with Gasteiger partial charge in [-0.25, -0.2) is 0 Å². The van der Waals surface area contributed by atoms with Crippen LogP contribution in [0.3, 0.4) is 0 Å². The summed E-state index contributed by atoms with van der Waals surface area (Å²) in [5, 5.41) is 3.40. The zero-order chi connectivity index (χ0) is 20.9. The number of nitrogens with two attached hydrogens (primary N) is 1. The Morgan fingerprint density at radius 1 is 0.931 bits per heavy atom. The number of rotatable bonds is 13. The lowest BCUT2D eigenvalue weighted by Crippen LogP contribution is -2.24. The van der Waals surface area contributed by atoms with Crippen molar-refractivity contribution in [1.82, 2.24) is 5.32 Å². The largest absolute Gasteiger partial charge is 0.493 e. The average Bonchev–Trinajstić information content (AvgIpc) is 2.73. The summed E-state index contributed by atoms with van der Waals surface area (Å²) in [6.07, 6.45) is 9.14. The number of aryl methyl sites for hydroxylation is 1. The first kappa shape index (κ1) is 23.2. The highest BCUT2D eigenvalue weighted by Gasteiger charge is 2.09.